The molecule has 7 nitrogen and oxygen atoms in total. The van der Waals surface area contributed by atoms with Gasteiger partial charge in [0.25, 0.3) is 11.1 Å². The fourth-order valence-electron chi connectivity index (χ4n) is 2.94. The molecule has 0 radical (unpaired) electrons. The van der Waals surface area contributed by atoms with Gasteiger partial charge in [-0.2, -0.15) is 0 Å². The Morgan fingerprint density at radius 1 is 1.23 bits per heavy atom. The summed E-state index contributed by atoms with van der Waals surface area (Å²) in [7, 11) is 0. The van der Waals surface area contributed by atoms with Crippen molar-refractivity contribution in [3.05, 3.63) is 61.6 Å². The van der Waals surface area contributed by atoms with E-state index in [4.69, 9.17) is 15.2 Å². The van der Waals surface area contributed by atoms with Gasteiger partial charge in [0.05, 0.1) is 15.1 Å². The molecule has 1 saturated heterocycles. The molecule has 9 heteroatoms. The Hall–Kier alpha value is -2.53. The molecule has 1 aliphatic rings. The lowest BCUT2D eigenvalue weighted by atomic mass is 10.1. The molecular formula is C22H21IN2O5S. The lowest BCUT2D eigenvalue weighted by Gasteiger charge is -2.15. The number of nitrogens with zero attached hydrogens (tertiary/aromatic N) is 1. The lowest BCUT2D eigenvalue weighted by molar-refractivity contribution is -0.127. The molecule has 1 fully saturated rings. The first-order valence-corrected chi connectivity index (χ1v) is 11.4. The van der Waals surface area contributed by atoms with E-state index in [1.807, 2.05) is 44.2 Å². The molecule has 1 aliphatic heterocycles. The Balaban J connectivity index is 1.87. The number of hydrogen-bond acceptors (Lipinski definition) is 6. The minimum Gasteiger partial charge on any atom is -0.490 e. The number of benzene rings is 2. The molecule has 2 aromatic rings. The Kier molecular flexibility index (Phi) is 7.60. The van der Waals surface area contributed by atoms with Crippen LogP contribution in [0.4, 0.5) is 4.79 Å². The fraction of sp³-hybridized carbons (Fsp3) is 0.227. The maximum atomic E-state index is 12.5. The summed E-state index contributed by atoms with van der Waals surface area (Å²) in [6.07, 6.45) is 1.60. The third-order valence-electron chi connectivity index (χ3n) is 4.45. The molecule has 0 bridgehead atoms. The van der Waals surface area contributed by atoms with Crippen LogP contribution in [0.5, 0.6) is 11.5 Å². The largest absolute Gasteiger partial charge is 0.490 e. The van der Waals surface area contributed by atoms with Gasteiger partial charge in [-0.15, -0.1) is 0 Å². The van der Waals surface area contributed by atoms with Crippen molar-refractivity contribution in [2.24, 2.45) is 5.73 Å². The van der Waals surface area contributed by atoms with Crippen molar-refractivity contribution in [2.45, 2.75) is 20.5 Å². The van der Waals surface area contributed by atoms with Crippen LogP contribution in [0.3, 0.4) is 0 Å². The maximum absolute atomic E-state index is 12.5. The summed E-state index contributed by atoms with van der Waals surface area (Å²) in [6.45, 7) is 4.31. The van der Waals surface area contributed by atoms with E-state index >= 15 is 0 Å². The van der Waals surface area contributed by atoms with Crippen molar-refractivity contribution >= 4 is 57.5 Å². The summed E-state index contributed by atoms with van der Waals surface area (Å²) in [5.74, 6) is -0.121. The molecule has 0 saturated carbocycles. The topological polar surface area (TPSA) is 98.9 Å². The van der Waals surface area contributed by atoms with Crippen LogP contribution in [0.2, 0.25) is 0 Å². The number of amides is 3. The summed E-state index contributed by atoms with van der Waals surface area (Å²) in [4.78, 5) is 36.7. The quantitative estimate of drug-likeness (QED) is 0.391. The van der Waals surface area contributed by atoms with Crippen LogP contribution in [-0.4, -0.2) is 35.1 Å². The van der Waals surface area contributed by atoms with Crippen molar-refractivity contribution < 1.29 is 23.9 Å². The van der Waals surface area contributed by atoms with E-state index in [2.05, 4.69) is 22.6 Å². The highest BCUT2D eigenvalue weighted by molar-refractivity contribution is 14.1. The summed E-state index contributed by atoms with van der Waals surface area (Å²) in [6, 6.07) is 11.6. The second kappa shape index (κ2) is 10.2. The van der Waals surface area contributed by atoms with Crippen LogP contribution in [0, 0.1) is 10.5 Å². The third kappa shape index (κ3) is 5.59. The first kappa shape index (κ1) is 23.1. The third-order valence-corrected chi connectivity index (χ3v) is 6.16. The van der Waals surface area contributed by atoms with Gasteiger partial charge in [0.15, 0.2) is 11.5 Å². The molecule has 162 valence electrons. The van der Waals surface area contributed by atoms with E-state index in [0.29, 0.717) is 30.3 Å². The van der Waals surface area contributed by atoms with Gasteiger partial charge in [-0.25, -0.2) is 0 Å². The van der Waals surface area contributed by atoms with E-state index < -0.39 is 23.6 Å². The number of nitrogens with two attached hydrogens (primary N) is 1. The van der Waals surface area contributed by atoms with Crippen LogP contribution in [-0.2, 0) is 16.2 Å². The summed E-state index contributed by atoms with van der Waals surface area (Å²) in [5, 5.41) is -0.520. The first-order valence-electron chi connectivity index (χ1n) is 9.47. The second-order valence-electron chi connectivity index (χ2n) is 6.71. The SMILES string of the molecule is CCOc1cc(/C=C2\SC(=O)N(CC(N)=O)C2=O)cc(I)c1OCc1ccccc1C. The number of halogens is 1. The summed E-state index contributed by atoms with van der Waals surface area (Å²) < 4.78 is 12.7. The smallest absolute Gasteiger partial charge is 0.294 e. The van der Waals surface area contributed by atoms with Crippen molar-refractivity contribution in [3.63, 3.8) is 0 Å². The fourth-order valence-corrected chi connectivity index (χ4v) is 4.56. The van der Waals surface area contributed by atoms with Crippen molar-refractivity contribution in [1.29, 1.82) is 0 Å². The van der Waals surface area contributed by atoms with Crippen LogP contribution >= 0.6 is 34.4 Å². The first-order chi connectivity index (χ1) is 14.8. The average Bonchev–Trinajstić information content (AvgIpc) is 2.96. The number of carbonyl (C=O) groups is 3. The molecule has 3 rings (SSSR count). The molecule has 2 aromatic carbocycles. The molecule has 0 aromatic heterocycles. The lowest BCUT2D eigenvalue weighted by Crippen LogP contribution is -2.36. The van der Waals surface area contributed by atoms with E-state index in [9.17, 15) is 14.4 Å². The van der Waals surface area contributed by atoms with Crippen LogP contribution in [0.15, 0.2) is 41.3 Å². The number of imide groups is 1. The van der Waals surface area contributed by atoms with E-state index in [-0.39, 0.29) is 4.91 Å². The van der Waals surface area contributed by atoms with Gasteiger partial charge in [-0.3, -0.25) is 19.3 Å². The molecule has 3 amide bonds. The molecule has 0 spiro atoms. The van der Waals surface area contributed by atoms with Gasteiger partial charge in [-0.05, 0) is 83.1 Å². The van der Waals surface area contributed by atoms with Gasteiger partial charge in [-0.1, -0.05) is 24.3 Å². The van der Waals surface area contributed by atoms with Crippen LogP contribution < -0.4 is 15.2 Å². The zero-order chi connectivity index (χ0) is 22.5. The zero-order valence-electron chi connectivity index (χ0n) is 17.0. The average molecular weight is 552 g/mol. The van der Waals surface area contributed by atoms with Crippen LogP contribution in [0.25, 0.3) is 6.08 Å². The zero-order valence-corrected chi connectivity index (χ0v) is 20.0. The molecular weight excluding hydrogens is 531 g/mol. The standard InChI is InChI=1S/C22H21IN2O5S/c1-3-29-17-9-14(10-18-21(27)25(11-19(24)26)22(28)31-18)8-16(23)20(17)30-12-15-7-5-4-6-13(15)2/h4-10H,3,11-12H2,1-2H3,(H2,24,26)/b18-10-. The van der Waals surface area contributed by atoms with Gasteiger partial charge in [0.1, 0.15) is 13.2 Å². The van der Waals surface area contributed by atoms with Crippen molar-refractivity contribution in [1.82, 2.24) is 4.90 Å². The van der Waals surface area contributed by atoms with Crippen LogP contribution in [0.1, 0.15) is 23.6 Å². The Bertz CT molecular complexity index is 1070. The predicted octanol–water partition coefficient (Wildman–Crippen LogP) is 4.10. The van der Waals surface area contributed by atoms with Gasteiger partial charge in [0.2, 0.25) is 5.91 Å². The van der Waals surface area contributed by atoms with E-state index in [0.717, 1.165) is 31.4 Å². The minimum absolute atomic E-state index is 0.220. The van der Waals surface area contributed by atoms with Gasteiger partial charge in [0, 0.05) is 0 Å². The number of ether oxygens (including phenoxy) is 2. The predicted molar refractivity (Wildman–Crippen MR) is 128 cm³/mol. The highest BCUT2D eigenvalue weighted by atomic mass is 127. The normalized spacial score (nSPS) is 14.9. The molecule has 0 unspecified atom stereocenters. The van der Waals surface area contributed by atoms with Crippen molar-refractivity contribution in [3.8, 4) is 11.5 Å². The van der Waals surface area contributed by atoms with Gasteiger partial charge >= 0.3 is 0 Å². The number of primary amides is 1. The Morgan fingerprint density at radius 3 is 2.65 bits per heavy atom. The molecule has 0 atom stereocenters. The van der Waals surface area contributed by atoms with Gasteiger partial charge < -0.3 is 15.2 Å². The second-order valence-corrected chi connectivity index (χ2v) is 8.87. The minimum atomic E-state index is -0.744. The highest BCUT2D eigenvalue weighted by Gasteiger charge is 2.35. The van der Waals surface area contributed by atoms with E-state index in [1.165, 1.54) is 0 Å². The number of hydrogen-bond donors (Lipinski definition) is 1. The number of carbonyl (C=O) groups excluding carboxylic acids is 3. The summed E-state index contributed by atoms with van der Waals surface area (Å²) >= 11 is 2.93. The van der Waals surface area contributed by atoms with Crippen molar-refractivity contribution in [2.75, 3.05) is 13.2 Å². The summed E-state index contributed by atoms with van der Waals surface area (Å²) in [5.41, 5.74) is 8.01. The monoisotopic (exact) mass is 552 g/mol. The van der Waals surface area contributed by atoms with E-state index in [1.54, 1.807) is 12.1 Å². The maximum Gasteiger partial charge on any atom is 0.294 e. The highest BCUT2D eigenvalue weighted by Crippen LogP contribution is 2.38. The number of thioether (sulfide) groups is 1. The Morgan fingerprint density at radius 2 is 1.97 bits per heavy atom. The molecule has 0 aliphatic carbocycles. The molecule has 2 N–H and O–H groups in total. The molecule has 31 heavy (non-hydrogen) atoms. The number of rotatable bonds is 8. The Labute approximate surface area is 198 Å². The number of aryl methyl sites for hydroxylation is 1. The molecule has 1 heterocycles.